The number of rotatable bonds is 9. The van der Waals surface area contributed by atoms with Crippen molar-refractivity contribution < 1.29 is 14.3 Å². The Balaban J connectivity index is 1.41. The molecule has 2 heterocycles. The molecular weight excluding hydrogens is 366 g/mol. The van der Waals surface area contributed by atoms with E-state index in [0.717, 1.165) is 17.1 Å². The number of halogens is 1. The van der Waals surface area contributed by atoms with Crippen LogP contribution >= 0.6 is 11.6 Å². The maximum atomic E-state index is 12.0. The summed E-state index contributed by atoms with van der Waals surface area (Å²) in [4.78, 5) is 16.5. The lowest BCUT2D eigenvalue weighted by atomic mass is 10.3. The van der Waals surface area contributed by atoms with Crippen molar-refractivity contribution in [3.05, 3.63) is 59.5 Å². The maximum absolute atomic E-state index is 12.0. The Bertz CT molecular complexity index is 910. The third kappa shape index (κ3) is 5.37. The number of nitrogens with zero attached hydrogens (tertiary/aromatic N) is 2. The number of hydrogen-bond donors (Lipinski definition) is 1. The van der Waals surface area contributed by atoms with Crippen LogP contribution in [0.25, 0.3) is 5.65 Å². The predicted octanol–water partition coefficient (Wildman–Crippen LogP) is 3.86. The van der Waals surface area contributed by atoms with Crippen molar-refractivity contribution in [3.63, 3.8) is 0 Å². The van der Waals surface area contributed by atoms with E-state index in [9.17, 15) is 4.79 Å². The molecule has 0 aliphatic carbocycles. The maximum Gasteiger partial charge on any atom is 0.220 e. The van der Waals surface area contributed by atoms with Crippen LogP contribution in [0.3, 0.4) is 0 Å². The lowest BCUT2D eigenvalue weighted by molar-refractivity contribution is -0.121. The van der Waals surface area contributed by atoms with Gasteiger partial charge < -0.3 is 19.2 Å². The number of carbonyl (C=O) groups excluding carboxylic acids is 1. The van der Waals surface area contributed by atoms with Gasteiger partial charge in [-0.15, -0.1) is 0 Å². The first-order valence-electron chi connectivity index (χ1n) is 8.90. The molecule has 1 aromatic carbocycles. The number of aromatic nitrogens is 2. The van der Waals surface area contributed by atoms with Gasteiger partial charge in [0.1, 0.15) is 5.65 Å². The van der Waals surface area contributed by atoms with E-state index in [2.05, 4.69) is 10.3 Å². The van der Waals surface area contributed by atoms with Gasteiger partial charge in [-0.2, -0.15) is 0 Å². The fourth-order valence-electron chi connectivity index (χ4n) is 2.64. The highest BCUT2D eigenvalue weighted by Gasteiger charge is 2.07. The summed E-state index contributed by atoms with van der Waals surface area (Å²) in [5.41, 5.74) is 1.58. The molecule has 1 amide bonds. The zero-order valence-corrected chi connectivity index (χ0v) is 15.9. The van der Waals surface area contributed by atoms with Crippen LogP contribution in [-0.2, 0) is 11.3 Å². The molecule has 0 aliphatic rings. The summed E-state index contributed by atoms with van der Waals surface area (Å²) in [5, 5.41) is 3.52. The van der Waals surface area contributed by atoms with E-state index in [1.165, 1.54) is 0 Å². The molecule has 0 radical (unpaired) electrons. The average molecular weight is 388 g/mol. The topological polar surface area (TPSA) is 64.9 Å². The quantitative estimate of drug-likeness (QED) is 0.566. The van der Waals surface area contributed by atoms with Crippen LogP contribution in [0, 0.1) is 0 Å². The number of imidazole rings is 1. The van der Waals surface area contributed by atoms with Crippen molar-refractivity contribution >= 4 is 23.2 Å². The standard InChI is InChI=1S/C20H22ClN3O3/c1-2-26-17-6-3-4-7-18(17)27-11-5-8-20(25)22-12-16-14-24-13-15(21)9-10-19(24)23-16/h3-4,6-7,9-10,13-14H,2,5,8,11-12H2,1H3,(H,22,25). The molecular formula is C20H22ClN3O3. The Hall–Kier alpha value is -2.73. The number of ether oxygens (including phenoxy) is 2. The summed E-state index contributed by atoms with van der Waals surface area (Å²) in [5.74, 6) is 1.38. The summed E-state index contributed by atoms with van der Waals surface area (Å²) in [7, 11) is 0. The predicted molar refractivity (Wildman–Crippen MR) is 104 cm³/mol. The zero-order chi connectivity index (χ0) is 19.1. The van der Waals surface area contributed by atoms with Gasteiger partial charge in [0, 0.05) is 18.8 Å². The molecule has 3 aromatic rings. The lowest BCUT2D eigenvalue weighted by Crippen LogP contribution is -2.23. The third-order valence-electron chi connectivity index (χ3n) is 3.89. The number of benzene rings is 1. The Morgan fingerprint density at radius 2 is 1.93 bits per heavy atom. The molecule has 0 saturated heterocycles. The summed E-state index contributed by atoms with van der Waals surface area (Å²) in [6, 6.07) is 11.2. The van der Waals surface area contributed by atoms with E-state index in [-0.39, 0.29) is 5.91 Å². The molecule has 2 aromatic heterocycles. The van der Waals surface area contributed by atoms with Gasteiger partial charge in [0.15, 0.2) is 11.5 Å². The first-order chi connectivity index (χ1) is 13.2. The lowest BCUT2D eigenvalue weighted by Gasteiger charge is -2.11. The SMILES string of the molecule is CCOc1ccccc1OCCCC(=O)NCc1cn2cc(Cl)ccc2n1. The van der Waals surface area contributed by atoms with E-state index in [1.807, 2.05) is 47.9 Å². The zero-order valence-electron chi connectivity index (χ0n) is 15.2. The second-order valence-corrected chi connectivity index (χ2v) is 6.39. The number of amides is 1. The highest BCUT2D eigenvalue weighted by molar-refractivity contribution is 6.30. The molecule has 0 saturated carbocycles. The normalized spacial score (nSPS) is 10.7. The third-order valence-corrected chi connectivity index (χ3v) is 4.11. The Morgan fingerprint density at radius 1 is 1.15 bits per heavy atom. The van der Waals surface area contributed by atoms with Crippen LogP contribution in [-0.4, -0.2) is 28.5 Å². The first kappa shape index (κ1) is 19.0. The Kier molecular flexibility index (Phi) is 6.54. The molecule has 0 fully saturated rings. The van der Waals surface area contributed by atoms with Gasteiger partial charge in [-0.3, -0.25) is 4.79 Å². The van der Waals surface area contributed by atoms with E-state index in [0.29, 0.717) is 43.4 Å². The van der Waals surface area contributed by atoms with Gasteiger partial charge in [0.2, 0.25) is 5.91 Å². The average Bonchev–Trinajstić information content (AvgIpc) is 3.07. The Labute approximate surface area is 163 Å². The monoisotopic (exact) mass is 387 g/mol. The van der Waals surface area contributed by atoms with Crippen molar-refractivity contribution in [1.29, 1.82) is 0 Å². The van der Waals surface area contributed by atoms with Crippen LogP contribution < -0.4 is 14.8 Å². The van der Waals surface area contributed by atoms with Gasteiger partial charge in [-0.05, 0) is 37.6 Å². The molecule has 6 nitrogen and oxygen atoms in total. The summed E-state index contributed by atoms with van der Waals surface area (Å²) >= 11 is 5.96. The summed E-state index contributed by atoms with van der Waals surface area (Å²) in [6.07, 6.45) is 4.64. The molecule has 0 bridgehead atoms. The van der Waals surface area contributed by atoms with Crippen molar-refractivity contribution in [1.82, 2.24) is 14.7 Å². The van der Waals surface area contributed by atoms with Gasteiger partial charge in [0.25, 0.3) is 0 Å². The van der Waals surface area contributed by atoms with Crippen LogP contribution in [0.1, 0.15) is 25.5 Å². The van der Waals surface area contributed by atoms with Crippen LogP contribution in [0.4, 0.5) is 0 Å². The number of pyridine rings is 1. The summed E-state index contributed by atoms with van der Waals surface area (Å²) < 4.78 is 13.1. The summed E-state index contributed by atoms with van der Waals surface area (Å²) in [6.45, 7) is 3.34. The molecule has 0 atom stereocenters. The van der Waals surface area contributed by atoms with E-state index in [1.54, 1.807) is 12.3 Å². The minimum absolute atomic E-state index is 0.0354. The van der Waals surface area contributed by atoms with Crippen LogP contribution in [0.5, 0.6) is 11.5 Å². The second kappa shape index (κ2) is 9.28. The highest BCUT2D eigenvalue weighted by atomic mass is 35.5. The smallest absolute Gasteiger partial charge is 0.220 e. The number of carbonyl (C=O) groups is 1. The molecule has 0 unspecified atom stereocenters. The largest absolute Gasteiger partial charge is 0.490 e. The fourth-order valence-corrected chi connectivity index (χ4v) is 2.81. The second-order valence-electron chi connectivity index (χ2n) is 5.95. The first-order valence-corrected chi connectivity index (χ1v) is 9.28. The van der Waals surface area contributed by atoms with Gasteiger partial charge >= 0.3 is 0 Å². The van der Waals surface area contributed by atoms with E-state index in [4.69, 9.17) is 21.1 Å². The van der Waals surface area contributed by atoms with Gasteiger partial charge in [0.05, 0.1) is 30.5 Å². The number of para-hydroxylation sites is 2. The molecule has 3 rings (SSSR count). The van der Waals surface area contributed by atoms with Crippen molar-refractivity contribution in [2.75, 3.05) is 13.2 Å². The molecule has 1 N–H and O–H groups in total. The molecule has 27 heavy (non-hydrogen) atoms. The number of nitrogens with one attached hydrogen (secondary N) is 1. The van der Waals surface area contributed by atoms with Crippen LogP contribution in [0.15, 0.2) is 48.8 Å². The van der Waals surface area contributed by atoms with E-state index < -0.39 is 0 Å². The number of hydrogen-bond acceptors (Lipinski definition) is 4. The van der Waals surface area contributed by atoms with E-state index >= 15 is 0 Å². The molecule has 142 valence electrons. The molecule has 0 spiro atoms. The molecule has 0 aliphatic heterocycles. The Morgan fingerprint density at radius 3 is 2.70 bits per heavy atom. The van der Waals surface area contributed by atoms with Crippen molar-refractivity contribution in [2.45, 2.75) is 26.3 Å². The van der Waals surface area contributed by atoms with Crippen LogP contribution in [0.2, 0.25) is 5.02 Å². The van der Waals surface area contributed by atoms with Crippen molar-refractivity contribution in [3.8, 4) is 11.5 Å². The van der Waals surface area contributed by atoms with Gasteiger partial charge in [-0.25, -0.2) is 4.98 Å². The fraction of sp³-hybridized carbons (Fsp3) is 0.300. The highest BCUT2D eigenvalue weighted by Crippen LogP contribution is 2.26. The number of fused-ring (bicyclic) bond motifs is 1. The van der Waals surface area contributed by atoms with Crippen molar-refractivity contribution in [2.24, 2.45) is 0 Å². The minimum atomic E-state index is -0.0354. The molecule has 7 heteroatoms. The van der Waals surface area contributed by atoms with Gasteiger partial charge in [-0.1, -0.05) is 23.7 Å². The minimum Gasteiger partial charge on any atom is -0.490 e.